The lowest BCUT2D eigenvalue weighted by molar-refractivity contribution is -0.384. The summed E-state index contributed by atoms with van der Waals surface area (Å²) in [5, 5.41) is 13.9. The Morgan fingerprint density at radius 1 is 1.11 bits per heavy atom. The van der Waals surface area contributed by atoms with Crippen molar-refractivity contribution in [2.75, 3.05) is 5.32 Å². The van der Waals surface area contributed by atoms with Crippen LogP contribution in [0.2, 0.25) is 0 Å². The van der Waals surface area contributed by atoms with E-state index in [1.54, 1.807) is 17.6 Å². The Kier molecular flexibility index (Phi) is 6.82. The molecule has 0 saturated carbocycles. The number of nitrogens with zero attached hydrogens (tertiary/aromatic N) is 5. The van der Waals surface area contributed by atoms with E-state index in [9.17, 15) is 24.5 Å². The van der Waals surface area contributed by atoms with Crippen molar-refractivity contribution in [2.24, 2.45) is 5.92 Å². The van der Waals surface area contributed by atoms with Gasteiger partial charge in [0.2, 0.25) is 5.91 Å². The van der Waals surface area contributed by atoms with Gasteiger partial charge in [-0.15, -0.1) is 0 Å². The Labute approximate surface area is 205 Å². The van der Waals surface area contributed by atoms with E-state index in [0.29, 0.717) is 12.1 Å². The molecule has 0 atom stereocenters. The molecule has 4 rings (SSSR count). The molecule has 2 aromatic heterocycles. The molecule has 186 valence electrons. The molecule has 0 aliphatic carbocycles. The minimum atomic E-state index is -0.735. The number of aromatic nitrogens is 4. The highest BCUT2D eigenvalue weighted by molar-refractivity contribution is 5.93. The molecule has 2 aromatic carbocycles. The van der Waals surface area contributed by atoms with Crippen molar-refractivity contribution in [3.05, 3.63) is 96.9 Å². The van der Waals surface area contributed by atoms with Crippen LogP contribution in [0, 0.1) is 23.0 Å². The Morgan fingerprint density at radius 3 is 2.50 bits per heavy atom. The Hall–Kier alpha value is -4.54. The van der Waals surface area contributed by atoms with Crippen LogP contribution in [0.25, 0.3) is 11.2 Å². The molecule has 0 bridgehead atoms. The second kappa shape index (κ2) is 9.98. The fraction of sp³-hybridized carbons (Fsp3) is 0.280. The third-order valence-corrected chi connectivity index (χ3v) is 5.65. The summed E-state index contributed by atoms with van der Waals surface area (Å²) in [5.41, 5.74) is 0.300. The van der Waals surface area contributed by atoms with Crippen molar-refractivity contribution < 1.29 is 9.72 Å². The van der Waals surface area contributed by atoms with Gasteiger partial charge in [-0.05, 0) is 30.0 Å². The molecule has 0 aliphatic rings. The maximum Gasteiger partial charge on any atom is 0.333 e. The number of aryl methyl sites for hydroxylation is 1. The average molecular weight is 491 g/mol. The van der Waals surface area contributed by atoms with E-state index in [-0.39, 0.29) is 35.0 Å². The summed E-state index contributed by atoms with van der Waals surface area (Å²) < 4.78 is 3.89. The number of carbonyl (C=O) groups is 1. The number of anilines is 1. The summed E-state index contributed by atoms with van der Waals surface area (Å²) >= 11 is 0. The summed E-state index contributed by atoms with van der Waals surface area (Å²) in [6.45, 7) is 5.72. The molecule has 0 spiro atoms. The van der Waals surface area contributed by atoms with Crippen LogP contribution in [0.15, 0.2) is 64.4 Å². The lowest BCUT2D eigenvalue weighted by atomic mass is 10.2. The highest BCUT2D eigenvalue weighted by Crippen LogP contribution is 2.25. The molecule has 1 amide bonds. The zero-order chi connectivity index (χ0) is 26.0. The van der Waals surface area contributed by atoms with Gasteiger partial charge in [0.05, 0.1) is 17.8 Å². The summed E-state index contributed by atoms with van der Waals surface area (Å²) in [7, 11) is 0. The molecule has 0 aliphatic heterocycles. The summed E-state index contributed by atoms with van der Waals surface area (Å²) in [5.74, 6) is -0.531. The predicted molar refractivity (Wildman–Crippen MR) is 135 cm³/mol. The van der Waals surface area contributed by atoms with Gasteiger partial charge in [-0.25, -0.2) is 14.3 Å². The van der Waals surface area contributed by atoms with Crippen LogP contribution in [0.1, 0.15) is 25.0 Å². The molecule has 0 unspecified atom stereocenters. The molecule has 2 heterocycles. The van der Waals surface area contributed by atoms with Crippen molar-refractivity contribution in [3.8, 4) is 0 Å². The van der Waals surface area contributed by atoms with Crippen molar-refractivity contribution in [1.29, 1.82) is 0 Å². The van der Waals surface area contributed by atoms with E-state index in [4.69, 9.17) is 0 Å². The highest BCUT2D eigenvalue weighted by Gasteiger charge is 2.22. The molecular formula is C25H26N6O5. The second-order valence-electron chi connectivity index (χ2n) is 9.03. The third-order valence-electron chi connectivity index (χ3n) is 5.65. The number of fused-ring (bicyclic) bond motifs is 1. The zero-order valence-electron chi connectivity index (χ0n) is 20.2. The van der Waals surface area contributed by atoms with E-state index in [1.807, 2.05) is 44.2 Å². The molecule has 0 fully saturated rings. The molecular weight excluding hydrogens is 464 g/mol. The van der Waals surface area contributed by atoms with E-state index < -0.39 is 28.6 Å². The maximum atomic E-state index is 13.4. The van der Waals surface area contributed by atoms with E-state index in [0.717, 1.165) is 10.1 Å². The van der Waals surface area contributed by atoms with Crippen molar-refractivity contribution >= 4 is 28.4 Å². The quantitative estimate of drug-likeness (QED) is 0.298. The number of hydrogen-bond acceptors (Lipinski definition) is 6. The first kappa shape index (κ1) is 24.6. The van der Waals surface area contributed by atoms with Gasteiger partial charge in [0, 0.05) is 12.6 Å². The SMILES string of the molecule is Cc1ccc(NC(=O)Cn2c(=O)c3c(ncn3CC(C)C)n(Cc3ccccc3)c2=O)c([N+](=O)[O-])c1. The molecule has 0 saturated heterocycles. The van der Waals surface area contributed by atoms with Gasteiger partial charge in [-0.2, -0.15) is 0 Å². The van der Waals surface area contributed by atoms with Crippen LogP contribution >= 0.6 is 0 Å². The molecule has 11 nitrogen and oxygen atoms in total. The lowest BCUT2D eigenvalue weighted by Gasteiger charge is -2.14. The lowest BCUT2D eigenvalue weighted by Crippen LogP contribution is -2.43. The van der Waals surface area contributed by atoms with Crippen molar-refractivity contribution in [3.63, 3.8) is 0 Å². The second-order valence-corrected chi connectivity index (χ2v) is 9.03. The van der Waals surface area contributed by atoms with Gasteiger partial charge < -0.3 is 9.88 Å². The Bertz CT molecular complexity index is 1570. The fourth-order valence-electron chi connectivity index (χ4n) is 4.05. The van der Waals surface area contributed by atoms with Crippen LogP contribution in [0.4, 0.5) is 11.4 Å². The molecule has 36 heavy (non-hydrogen) atoms. The third kappa shape index (κ3) is 4.95. The van der Waals surface area contributed by atoms with Crippen molar-refractivity contribution in [1.82, 2.24) is 18.7 Å². The maximum absolute atomic E-state index is 13.4. The van der Waals surface area contributed by atoms with Gasteiger partial charge in [0.25, 0.3) is 11.2 Å². The standard InChI is InChI=1S/C25H26N6O5/c1-16(2)12-28-15-26-23-22(28)24(33)30(25(34)29(23)13-18-7-5-4-6-8-18)14-21(32)27-19-10-9-17(3)11-20(19)31(35)36/h4-11,15-16H,12-14H2,1-3H3,(H,27,32). The number of carbonyl (C=O) groups excluding carboxylic acids is 1. The summed E-state index contributed by atoms with van der Waals surface area (Å²) in [6.07, 6.45) is 1.52. The minimum absolute atomic E-state index is 0.0146. The van der Waals surface area contributed by atoms with Crippen LogP contribution in [-0.2, 0) is 24.4 Å². The number of amides is 1. The first-order valence-electron chi connectivity index (χ1n) is 11.4. The van der Waals surface area contributed by atoms with Crippen LogP contribution in [-0.4, -0.2) is 29.5 Å². The van der Waals surface area contributed by atoms with E-state index in [1.165, 1.54) is 23.0 Å². The zero-order valence-corrected chi connectivity index (χ0v) is 20.2. The molecule has 11 heteroatoms. The van der Waals surface area contributed by atoms with Gasteiger partial charge in [-0.3, -0.25) is 24.3 Å². The number of rotatable bonds is 8. The normalized spacial score (nSPS) is 11.2. The minimum Gasteiger partial charge on any atom is -0.324 e. The van der Waals surface area contributed by atoms with Crippen LogP contribution in [0.5, 0.6) is 0 Å². The topological polar surface area (TPSA) is 134 Å². The largest absolute Gasteiger partial charge is 0.333 e. The van der Waals surface area contributed by atoms with E-state index in [2.05, 4.69) is 10.3 Å². The smallest absolute Gasteiger partial charge is 0.324 e. The number of nitro groups is 1. The Morgan fingerprint density at radius 2 is 1.83 bits per heavy atom. The van der Waals surface area contributed by atoms with Gasteiger partial charge >= 0.3 is 5.69 Å². The number of hydrogen-bond donors (Lipinski definition) is 1. The predicted octanol–water partition coefficient (Wildman–Crippen LogP) is 2.92. The number of nitrogens with one attached hydrogen (secondary N) is 1. The molecule has 1 N–H and O–H groups in total. The number of imidazole rings is 1. The highest BCUT2D eigenvalue weighted by atomic mass is 16.6. The van der Waals surface area contributed by atoms with Crippen LogP contribution in [0.3, 0.4) is 0 Å². The van der Waals surface area contributed by atoms with E-state index >= 15 is 0 Å². The Balaban J connectivity index is 1.79. The molecule has 4 aromatic rings. The number of nitro benzene ring substituents is 1. The van der Waals surface area contributed by atoms with Crippen LogP contribution < -0.4 is 16.6 Å². The first-order valence-corrected chi connectivity index (χ1v) is 11.4. The van der Waals surface area contributed by atoms with Gasteiger partial charge in [-0.1, -0.05) is 50.2 Å². The van der Waals surface area contributed by atoms with Crippen molar-refractivity contribution in [2.45, 2.75) is 40.4 Å². The first-order chi connectivity index (χ1) is 17.2. The summed E-state index contributed by atoms with van der Waals surface area (Å²) in [4.78, 5) is 54.9. The van der Waals surface area contributed by atoms with Gasteiger partial charge in [0.15, 0.2) is 11.2 Å². The summed E-state index contributed by atoms with van der Waals surface area (Å²) in [6, 6.07) is 13.6. The number of benzene rings is 2. The monoisotopic (exact) mass is 490 g/mol. The average Bonchev–Trinajstić information content (AvgIpc) is 3.24. The van der Waals surface area contributed by atoms with Gasteiger partial charge in [0.1, 0.15) is 12.2 Å². The molecule has 0 radical (unpaired) electrons. The fourth-order valence-corrected chi connectivity index (χ4v) is 4.05.